The van der Waals surface area contributed by atoms with Crippen LogP contribution in [0.5, 0.6) is 5.75 Å². The number of rotatable bonds is 8. The van der Waals surface area contributed by atoms with E-state index in [1.165, 1.54) is 17.8 Å². The predicted octanol–water partition coefficient (Wildman–Crippen LogP) is 6.43. The van der Waals surface area contributed by atoms with Crippen molar-refractivity contribution in [1.29, 1.82) is 0 Å². The number of alkyl halides is 3. The summed E-state index contributed by atoms with van der Waals surface area (Å²) in [4.78, 5) is 4.56. The largest absolute Gasteiger partial charge is 0.493 e. The van der Waals surface area contributed by atoms with Gasteiger partial charge in [-0.3, -0.25) is 4.99 Å². The van der Waals surface area contributed by atoms with Gasteiger partial charge in [0.2, 0.25) is 0 Å². The Morgan fingerprint density at radius 2 is 1.90 bits per heavy atom. The van der Waals surface area contributed by atoms with Crippen LogP contribution in [0.4, 0.5) is 13.2 Å². The third-order valence-corrected chi connectivity index (χ3v) is 6.28. The number of nitrogens with zero attached hydrogens (tertiary/aromatic N) is 1. The van der Waals surface area contributed by atoms with Crippen molar-refractivity contribution in [2.75, 3.05) is 12.4 Å². The van der Waals surface area contributed by atoms with Gasteiger partial charge in [-0.05, 0) is 41.8 Å². The minimum atomic E-state index is -4.53. The molecule has 162 valence electrons. The summed E-state index contributed by atoms with van der Waals surface area (Å²) in [7, 11) is 0. The van der Waals surface area contributed by atoms with E-state index in [1.807, 2.05) is 19.1 Å². The van der Waals surface area contributed by atoms with Gasteiger partial charge in [-0.2, -0.15) is 13.2 Å². The number of aliphatic imine (C=N–C) groups is 1. The molecule has 0 amide bonds. The Morgan fingerprint density at radius 1 is 1.17 bits per heavy atom. The van der Waals surface area contributed by atoms with Crippen molar-refractivity contribution in [1.82, 2.24) is 0 Å². The highest BCUT2D eigenvalue weighted by molar-refractivity contribution is 8.14. The maximum atomic E-state index is 13.8. The van der Waals surface area contributed by atoms with Gasteiger partial charge in [-0.1, -0.05) is 61.3 Å². The van der Waals surface area contributed by atoms with Gasteiger partial charge in [0, 0.05) is 17.2 Å². The monoisotopic (exact) mass is 456 g/mol. The van der Waals surface area contributed by atoms with Crippen molar-refractivity contribution >= 4 is 28.5 Å². The first-order valence-electron chi connectivity index (χ1n) is 9.80. The van der Waals surface area contributed by atoms with Gasteiger partial charge in [0.15, 0.2) is 5.17 Å². The second-order valence-electron chi connectivity index (χ2n) is 7.34. The zero-order valence-electron chi connectivity index (χ0n) is 16.6. The van der Waals surface area contributed by atoms with E-state index in [-0.39, 0.29) is 12.4 Å². The predicted molar refractivity (Wildman–Crippen MR) is 117 cm³/mol. The Bertz CT molecular complexity index is 902. The zero-order chi connectivity index (χ0) is 21.8. The fourth-order valence-corrected chi connectivity index (χ4v) is 4.54. The zero-order valence-corrected chi connectivity index (χ0v) is 18.2. The molecule has 3 nitrogen and oxygen atoms in total. The molecular weight excluding hydrogens is 433 g/mol. The molecule has 1 aliphatic heterocycles. The molecule has 0 fully saturated rings. The SMILES string of the molecule is CCCCCOc1ccc(C2(Cc3ccc(Cl)cc3)CSC(N)=N2)cc1C(F)(F)F. The topological polar surface area (TPSA) is 47.6 Å². The molecule has 0 aromatic heterocycles. The van der Waals surface area contributed by atoms with Gasteiger partial charge in [0.1, 0.15) is 11.3 Å². The van der Waals surface area contributed by atoms with E-state index >= 15 is 0 Å². The molecule has 0 saturated heterocycles. The lowest BCUT2D eigenvalue weighted by atomic mass is 9.85. The molecule has 0 bridgehead atoms. The van der Waals surface area contributed by atoms with Gasteiger partial charge in [-0.15, -0.1) is 0 Å². The fourth-order valence-electron chi connectivity index (χ4n) is 3.45. The molecule has 2 N–H and O–H groups in total. The van der Waals surface area contributed by atoms with Gasteiger partial charge in [0.05, 0.1) is 12.2 Å². The quantitative estimate of drug-likeness (QED) is 0.466. The van der Waals surface area contributed by atoms with Crippen LogP contribution in [0.1, 0.15) is 42.9 Å². The first-order valence-corrected chi connectivity index (χ1v) is 11.2. The lowest BCUT2D eigenvalue weighted by Crippen LogP contribution is -2.28. The molecule has 0 spiro atoms. The summed E-state index contributed by atoms with van der Waals surface area (Å²) in [6.45, 7) is 2.29. The first-order chi connectivity index (χ1) is 14.2. The Hall–Kier alpha value is -1.86. The summed E-state index contributed by atoms with van der Waals surface area (Å²) >= 11 is 7.31. The summed E-state index contributed by atoms with van der Waals surface area (Å²) in [5, 5.41) is 0.970. The van der Waals surface area contributed by atoms with Crippen LogP contribution in [0.25, 0.3) is 0 Å². The average molecular weight is 457 g/mol. The smallest absolute Gasteiger partial charge is 0.419 e. The Labute approximate surface area is 183 Å². The lowest BCUT2D eigenvalue weighted by Gasteiger charge is -2.27. The van der Waals surface area contributed by atoms with Crippen molar-refractivity contribution in [3.63, 3.8) is 0 Å². The van der Waals surface area contributed by atoms with Crippen molar-refractivity contribution in [2.45, 2.75) is 44.3 Å². The number of ether oxygens (including phenoxy) is 1. The minimum absolute atomic E-state index is 0.147. The number of hydrogen-bond donors (Lipinski definition) is 1. The number of hydrogen-bond acceptors (Lipinski definition) is 4. The van der Waals surface area contributed by atoms with Gasteiger partial charge < -0.3 is 10.5 Å². The third-order valence-electron chi connectivity index (χ3n) is 5.02. The Morgan fingerprint density at radius 3 is 2.50 bits per heavy atom. The van der Waals surface area contributed by atoms with Gasteiger partial charge >= 0.3 is 6.18 Å². The van der Waals surface area contributed by atoms with Crippen molar-refractivity contribution in [3.8, 4) is 5.75 Å². The highest BCUT2D eigenvalue weighted by atomic mass is 35.5. The maximum Gasteiger partial charge on any atom is 0.419 e. The van der Waals surface area contributed by atoms with E-state index in [0.29, 0.717) is 34.3 Å². The summed E-state index contributed by atoms with van der Waals surface area (Å²) < 4.78 is 46.9. The third kappa shape index (κ3) is 5.43. The molecular formula is C22H24ClF3N2OS. The highest BCUT2D eigenvalue weighted by Crippen LogP contribution is 2.43. The Balaban J connectivity index is 1.96. The molecule has 2 aromatic carbocycles. The van der Waals surface area contributed by atoms with E-state index in [2.05, 4.69) is 4.99 Å². The lowest BCUT2D eigenvalue weighted by molar-refractivity contribution is -0.139. The summed E-state index contributed by atoms with van der Waals surface area (Å²) in [6, 6.07) is 11.5. The van der Waals surface area contributed by atoms with Crippen LogP contribution in [0, 0.1) is 0 Å². The molecule has 2 aromatic rings. The van der Waals surface area contributed by atoms with Crippen LogP contribution in [-0.4, -0.2) is 17.5 Å². The second-order valence-corrected chi connectivity index (χ2v) is 8.77. The van der Waals surface area contributed by atoms with E-state index in [0.717, 1.165) is 24.5 Å². The number of halogens is 4. The van der Waals surface area contributed by atoms with Crippen molar-refractivity contribution in [2.24, 2.45) is 10.7 Å². The van der Waals surface area contributed by atoms with Crippen LogP contribution in [-0.2, 0) is 18.1 Å². The van der Waals surface area contributed by atoms with Crippen LogP contribution < -0.4 is 10.5 Å². The molecule has 30 heavy (non-hydrogen) atoms. The molecule has 8 heteroatoms. The number of unbranched alkanes of at least 4 members (excludes halogenated alkanes) is 2. The maximum absolute atomic E-state index is 13.8. The normalized spacial score (nSPS) is 19.0. The molecule has 1 aliphatic rings. The standard InChI is InChI=1S/C22H24ClF3N2OS/c1-2-3-4-11-29-19-10-7-16(12-18(19)22(24,25)26)21(14-30-20(27)28-21)13-15-5-8-17(23)9-6-15/h5-10,12H,2-4,11,13-14H2,1H3,(H2,27,28). The van der Waals surface area contributed by atoms with E-state index in [4.69, 9.17) is 22.1 Å². The molecule has 1 atom stereocenters. The van der Waals surface area contributed by atoms with Gasteiger partial charge in [0.25, 0.3) is 0 Å². The van der Waals surface area contributed by atoms with Crippen LogP contribution >= 0.6 is 23.4 Å². The molecule has 1 heterocycles. The van der Waals surface area contributed by atoms with Crippen LogP contribution in [0.15, 0.2) is 47.5 Å². The van der Waals surface area contributed by atoms with Crippen LogP contribution in [0.3, 0.4) is 0 Å². The van der Waals surface area contributed by atoms with Gasteiger partial charge in [-0.25, -0.2) is 0 Å². The number of benzene rings is 2. The van der Waals surface area contributed by atoms with E-state index in [9.17, 15) is 13.2 Å². The molecule has 1 unspecified atom stereocenters. The summed E-state index contributed by atoms with van der Waals surface area (Å²) in [6.07, 6.45) is -1.51. The summed E-state index contributed by atoms with van der Waals surface area (Å²) in [5.41, 5.74) is 5.66. The molecule has 0 radical (unpaired) electrons. The van der Waals surface area contributed by atoms with Crippen LogP contribution in [0.2, 0.25) is 5.02 Å². The second kappa shape index (κ2) is 9.52. The van der Waals surface area contributed by atoms with Crippen molar-refractivity contribution < 1.29 is 17.9 Å². The Kier molecular flexibility index (Phi) is 7.24. The van der Waals surface area contributed by atoms with E-state index < -0.39 is 17.3 Å². The molecule has 3 rings (SSSR count). The first kappa shape index (κ1) is 22.8. The number of amidine groups is 1. The van der Waals surface area contributed by atoms with E-state index in [1.54, 1.807) is 18.2 Å². The number of thioether (sulfide) groups is 1. The number of nitrogens with two attached hydrogens (primary N) is 1. The van der Waals surface area contributed by atoms with Crippen molar-refractivity contribution in [3.05, 3.63) is 64.2 Å². The minimum Gasteiger partial charge on any atom is -0.493 e. The molecule has 0 aliphatic carbocycles. The highest BCUT2D eigenvalue weighted by Gasteiger charge is 2.41. The summed E-state index contributed by atoms with van der Waals surface area (Å²) in [5.74, 6) is 0.321. The average Bonchev–Trinajstić information content (AvgIpc) is 3.08. The fraction of sp³-hybridized carbons (Fsp3) is 0.409. The molecule has 0 saturated carbocycles.